The first-order chi connectivity index (χ1) is 18.9. The van der Waals surface area contributed by atoms with Gasteiger partial charge in [-0.2, -0.15) is 0 Å². The summed E-state index contributed by atoms with van der Waals surface area (Å²) in [5.41, 5.74) is 1.52. The van der Waals surface area contributed by atoms with Gasteiger partial charge in [0.05, 0.1) is 33.5 Å². The predicted octanol–water partition coefficient (Wildman–Crippen LogP) is 5.91. The van der Waals surface area contributed by atoms with Crippen molar-refractivity contribution >= 4 is 22.4 Å². The lowest BCUT2D eigenvalue weighted by Crippen LogP contribution is -2.22. The van der Waals surface area contributed by atoms with Crippen LogP contribution in [0.1, 0.15) is 35.8 Å². The molecule has 208 valence electrons. The summed E-state index contributed by atoms with van der Waals surface area (Å²) in [5.74, 6) is -0.555. The van der Waals surface area contributed by atoms with Gasteiger partial charge in [-0.05, 0) is 18.2 Å². The first-order valence-electron chi connectivity index (χ1n) is 12.3. The van der Waals surface area contributed by atoms with Gasteiger partial charge >= 0.3 is 0 Å². The number of hydrogen-bond acceptors (Lipinski definition) is 7. The van der Waals surface area contributed by atoms with Crippen molar-refractivity contribution < 1.29 is 37.6 Å². The van der Waals surface area contributed by atoms with E-state index in [2.05, 4.69) is 10.3 Å². The first kappa shape index (κ1) is 29.2. The van der Waals surface area contributed by atoms with E-state index in [0.717, 1.165) is 0 Å². The summed E-state index contributed by atoms with van der Waals surface area (Å²) in [7, 11) is 4.21. The summed E-state index contributed by atoms with van der Waals surface area (Å²) in [6.07, 6.45) is 1.48. The number of Topliss-reactive ketones (excluding diaryl/α,β-unsaturated/α-hetero) is 1. The molecule has 1 unspecified atom stereocenters. The number of ketones is 1. The fraction of sp³-hybridized carbons (Fsp3) is 0.276. The molecule has 4 rings (SSSR count). The van der Waals surface area contributed by atoms with Gasteiger partial charge in [0.1, 0.15) is 35.7 Å². The minimum absolute atomic E-state index is 0.0371. The zero-order valence-electron chi connectivity index (χ0n) is 22.4. The number of anilines is 1. The monoisotopic (exact) mass is 542 g/mol. The molecule has 4 aromatic rings. The van der Waals surface area contributed by atoms with Crippen molar-refractivity contribution in [1.29, 1.82) is 0 Å². The van der Waals surface area contributed by atoms with Gasteiger partial charge in [-0.15, -0.1) is 0 Å². The number of fused-ring (bicyclic) bond motifs is 1. The highest BCUT2D eigenvalue weighted by Crippen LogP contribution is 2.36. The number of halogens is 2. The van der Waals surface area contributed by atoms with Gasteiger partial charge < -0.3 is 34.4 Å². The Balaban J connectivity index is 0.00000205. The largest absolute Gasteiger partial charge is 0.497 e. The van der Waals surface area contributed by atoms with E-state index in [0.29, 0.717) is 33.7 Å². The van der Waals surface area contributed by atoms with Crippen LogP contribution in [0.3, 0.4) is 0 Å². The molecule has 0 fully saturated rings. The fourth-order valence-electron chi connectivity index (χ4n) is 4.03. The van der Waals surface area contributed by atoms with Crippen LogP contribution in [0, 0.1) is 11.6 Å². The molecule has 8 nitrogen and oxygen atoms in total. The number of aliphatic hydroxyl groups excluding tert-OH is 1. The average molecular weight is 543 g/mol. The van der Waals surface area contributed by atoms with E-state index in [-0.39, 0.29) is 30.3 Å². The molecule has 0 spiro atoms. The van der Waals surface area contributed by atoms with Crippen LogP contribution >= 0.6 is 0 Å². The van der Waals surface area contributed by atoms with E-state index in [9.17, 15) is 13.6 Å². The summed E-state index contributed by atoms with van der Waals surface area (Å²) in [6, 6.07) is 10.4. The molecule has 0 bridgehead atoms. The molecule has 3 N–H and O–H groups in total. The number of ether oxygens (including phenoxy) is 4. The molecule has 0 saturated carbocycles. The zero-order chi connectivity index (χ0) is 28.5. The van der Waals surface area contributed by atoms with Gasteiger partial charge in [0.25, 0.3) is 0 Å². The molecule has 1 heterocycles. The van der Waals surface area contributed by atoms with Gasteiger partial charge in [-0.3, -0.25) is 4.79 Å². The second-order valence-corrected chi connectivity index (χ2v) is 8.03. The van der Waals surface area contributed by atoms with Crippen molar-refractivity contribution in [2.24, 2.45) is 0 Å². The van der Waals surface area contributed by atoms with Crippen LogP contribution in [0.5, 0.6) is 23.0 Å². The van der Waals surface area contributed by atoms with E-state index in [1.807, 2.05) is 13.8 Å². The second-order valence-electron chi connectivity index (χ2n) is 8.03. The van der Waals surface area contributed by atoms with Crippen LogP contribution in [0.25, 0.3) is 10.9 Å². The Morgan fingerprint density at radius 3 is 2.33 bits per heavy atom. The Bertz CT molecular complexity index is 1420. The van der Waals surface area contributed by atoms with E-state index in [4.69, 9.17) is 24.1 Å². The average Bonchev–Trinajstić information content (AvgIpc) is 3.37. The molecule has 0 aliphatic carbocycles. The summed E-state index contributed by atoms with van der Waals surface area (Å²) in [6.45, 7) is 3.88. The smallest absolute Gasteiger partial charge is 0.191 e. The molecule has 0 amide bonds. The van der Waals surface area contributed by atoms with E-state index < -0.39 is 23.5 Å². The van der Waals surface area contributed by atoms with Crippen molar-refractivity contribution in [3.05, 3.63) is 77.5 Å². The van der Waals surface area contributed by atoms with Gasteiger partial charge in [-0.1, -0.05) is 13.8 Å². The maximum absolute atomic E-state index is 14.5. The maximum Gasteiger partial charge on any atom is 0.191 e. The standard InChI is InChI=1S/C27H26F2N2O6.C2H6/c1-34-17-9-16(10-18(11-17)37-7-6-32)31-26(19-5-4-15(28)8-24(19)35-2)27(33)21-14-30-23-13-25(36-3)22(29)12-20(21)23;1-2/h4-5,8-14,26,30-32H,6-7H2,1-3H3;1-2H3. The lowest BCUT2D eigenvalue weighted by molar-refractivity contribution is 0.0970. The van der Waals surface area contributed by atoms with Crippen LogP contribution < -0.4 is 24.3 Å². The maximum atomic E-state index is 14.5. The highest BCUT2D eigenvalue weighted by Gasteiger charge is 2.28. The summed E-state index contributed by atoms with van der Waals surface area (Å²) in [5, 5.41) is 12.6. The molecule has 0 radical (unpaired) electrons. The molecular weight excluding hydrogens is 510 g/mol. The molecule has 1 atom stereocenters. The van der Waals surface area contributed by atoms with Crippen molar-refractivity contribution in [1.82, 2.24) is 4.98 Å². The highest BCUT2D eigenvalue weighted by atomic mass is 19.1. The Morgan fingerprint density at radius 2 is 1.67 bits per heavy atom. The third-order valence-corrected chi connectivity index (χ3v) is 5.78. The number of hydrogen-bond donors (Lipinski definition) is 3. The topological polar surface area (TPSA) is 102 Å². The Labute approximate surface area is 225 Å². The van der Waals surface area contributed by atoms with Gasteiger partial charge in [-0.25, -0.2) is 8.78 Å². The molecule has 0 aliphatic rings. The normalized spacial score (nSPS) is 11.3. The van der Waals surface area contributed by atoms with Crippen LogP contribution in [0.15, 0.2) is 54.7 Å². The number of nitrogens with one attached hydrogen (secondary N) is 2. The summed E-state index contributed by atoms with van der Waals surface area (Å²) < 4.78 is 49.8. The number of aromatic nitrogens is 1. The van der Waals surface area contributed by atoms with Crippen molar-refractivity contribution in [2.75, 3.05) is 39.9 Å². The molecule has 39 heavy (non-hydrogen) atoms. The Hall–Kier alpha value is -4.31. The number of H-pyrrole nitrogens is 1. The van der Waals surface area contributed by atoms with Crippen molar-refractivity contribution in [3.63, 3.8) is 0 Å². The number of benzene rings is 3. The lowest BCUT2D eigenvalue weighted by atomic mass is 9.95. The quantitative estimate of drug-likeness (QED) is 0.203. The van der Waals surface area contributed by atoms with Crippen LogP contribution in [-0.2, 0) is 0 Å². The Morgan fingerprint density at radius 1 is 0.949 bits per heavy atom. The minimum atomic E-state index is -1.07. The molecule has 0 aliphatic heterocycles. The predicted molar refractivity (Wildman–Crippen MR) is 145 cm³/mol. The number of carbonyl (C=O) groups excluding carboxylic acids is 1. The fourth-order valence-corrected chi connectivity index (χ4v) is 4.03. The molecule has 3 aromatic carbocycles. The number of aliphatic hydroxyl groups is 1. The number of carbonyl (C=O) groups is 1. The number of aromatic amines is 1. The van der Waals surface area contributed by atoms with E-state index >= 15 is 0 Å². The van der Waals surface area contributed by atoms with Gasteiger partial charge in [0.15, 0.2) is 17.3 Å². The molecule has 0 saturated heterocycles. The van der Waals surface area contributed by atoms with Crippen molar-refractivity contribution in [2.45, 2.75) is 19.9 Å². The SMILES string of the molecule is CC.COc1cc(NC(C(=O)c2c[nH]c3cc(OC)c(F)cc23)c2ccc(F)cc2OC)cc(OCCO)c1. The molecule has 10 heteroatoms. The molecular formula is C29H32F2N2O6. The number of methoxy groups -OCH3 is 3. The van der Waals surface area contributed by atoms with Crippen LogP contribution in [0.4, 0.5) is 14.5 Å². The van der Waals surface area contributed by atoms with Crippen molar-refractivity contribution in [3.8, 4) is 23.0 Å². The number of rotatable bonds is 11. The third-order valence-electron chi connectivity index (χ3n) is 5.78. The second kappa shape index (κ2) is 13.5. The van der Waals surface area contributed by atoms with Crippen LogP contribution in [0.2, 0.25) is 0 Å². The first-order valence-corrected chi connectivity index (χ1v) is 12.3. The van der Waals surface area contributed by atoms with Gasteiger partial charge in [0.2, 0.25) is 0 Å². The molecule has 1 aromatic heterocycles. The summed E-state index contributed by atoms with van der Waals surface area (Å²) >= 11 is 0. The highest BCUT2D eigenvalue weighted by molar-refractivity contribution is 6.12. The van der Waals surface area contributed by atoms with Crippen LogP contribution in [-0.4, -0.2) is 50.4 Å². The summed E-state index contributed by atoms with van der Waals surface area (Å²) in [4.78, 5) is 17.0. The van der Waals surface area contributed by atoms with E-state index in [1.165, 1.54) is 57.9 Å². The van der Waals surface area contributed by atoms with Gasteiger partial charge in [0, 0.05) is 58.7 Å². The van der Waals surface area contributed by atoms with E-state index in [1.54, 1.807) is 18.2 Å². The lowest BCUT2D eigenvalue weighted by Gasteiger charge is -2.22. The third kappa shape index (κ3) is 6.58. The minimum Gasteiger partial charge on any atom is -0.497 e. The zero-order valence-corrected chi connectivity index (χ0v) is 22.4. The Kier molecular flexibility index (Phi) is 10.1.